The minimum atomic E-state index is -0.0941. The molecule has 27 heavy (non-hydrogen) atoms. The summed E-state index contributed by atoms with van der Waals surface area (Å²) in [4.78, 5) is 27.1. The van der Waals surface area contributed by atoms with E-state index in [1.807, 2.05) is 54.5 Å². The highest BCUT2D eigenvalue weighted by Crippen LogP contribution is 2.24. The molecule has 1 aliphatic heterocycles. The average Bonchev–Trinajstić information content (AvgIpc) is 3.20. The molecule has 4 rings (SSSR count). The number of aromatic nitrogens is 3. The summed E-state index contributed by atoms with van der Waals surface area (Å²) in [6, 6.07) is 11.8. The summed E-state index contributed by atoms with van der Waals surface area (Å²) in [5.74, 6) is -0.0489. The lowest BCUT2D eigenvalue weighted by Gasteiger charge is -2.23. The molecule has 0 bridgehead atoms. The molecule has 0 radical (unpaired) electrons. The Balaban J connectivity index is 1.68. The molecule has 0 aliphatic carbocycles. The molecule has 7 heteroatoms. The van der Waals surface area contributed by atoms with Crippen molar-refractivity contribution in [2.24, 2.45) is 13.0 Å². The number of aryl methyl sites for hydroxylation is 1. The van der Waals surface area contributed by atoms with E-state index >= 15 is 0 Å². The maximum absolute atomic E-state index is 13.4. The van der Waals surface area contributed by atoms with Gasteiger partial charge in [-0.2, -0.15) is 5.10 Å². The molecule has 3 heterocycles. The van der Waals surface area contributed by atoms with E-state index in [4.69, 9.17) is 0 Å². The minimum Gasteiger partial charge on any atom is -0.359 e. The number of para-hydroxylation sites is 1. The van der Waals surface area contributed by atoms with Crippen LogP contribution in [0.5, 0.6) is 0 Å². The number of amides is 2. The summed E-state index contributed by atoms with van der Waals surface area (Å²) < 4.78 is 3.88. The van der Waals surface area contributed by atoms with E-state index in [1.165, 1.54) is 0 Å². The summed E-state index contributed by atoms with van der Waals surface area (Å²) in [5.41, 5.74) is 2.47. The predicted octanol–water partition coefficient (Wildman–Crippen LogP) is 1.78. The number of hydrogen-bond donors (Lipinski definition) is 1. The van der Waals surface area contributed by atoms with Crippen LogP contribution < -0.4 is 5.32 Å². The van der Waals surface area contributed by atoms with Gasteiger partial charge in [0.05, 0.1) is 12.1 Å². The molecule has 0 saturated carbocycles. The topological polar surface area (TPSA) is 72.2 Å². The highest BCUT2D eigenvalue weighted by molar-refractivity contribution is 6.04. The Kier molecular flexibility index (Phi) is 4.43. The number of carbonyl (C=O) groups is 2. The maximum Gasteiger partial charge on any atom is 0.275 e. The van der Waals surface area contributed by atoms with Crippen molar-refractivity contribution >= 4 is 22.7 Å². The summed E-state index contributed by atoms with van der Waals surface area (Å²) in [5, 5.41) is 8.02. The Hall–Kier alpha value is -3.09. The highest BCUT2D eigenvalue weighted by Gasteiger charge is 2.29. The van der Waals surface area contributed by atoms with Gasteiger partial charge < -0.3 is 14.8 Å². The first-order valence-electron chi connectivity index (χ1n) is 9.12. The molecular formula is C20H23N5O2. The van der Waals surface area contributed by atoms with Crippen LogP contribution in [0.3, 0.4) is 0 Å². The lowest BCUT2D eigenvalue weighted by Crippen LogP contribution is -2.36. The highest BCUT2D eigenvalue weighted by atomic mass is 16.2. The third-order valence-corrected chi connectivity index (χ3v) is 5.21. The SMILES string of the molecule is CNC(=O)C[C@@H]1CN(C(=O)c2nn(C)c3ccccc23)Cc2cccn2C1. The first-order valence-corrected chi connectivity index (χ1v) is 9.12. The Morgan fingerprint density at radius 3 is 2.81 bits per heavy atom. The monoisotopic (exact) mass is 365 g/mol. The molecule has 0 spiro atoms. The maximum atomic E-state index is 13.4. The van der Waals surface area contributed by atoms with Gasteiger partial charge in [-0.25, -0.2) is 0 Å². The first-order chi connectivity index (χ1) is 13.1. The van der Waals surface area contributed by atoms with Crippen LogP contribution in [0.2, 0.25) is 0 Å². The fraction of sp³-hybridized carbons (Fsp3) is 0.350. The standard InChI is InChI=1S/C20H23N5O2/c1-21-18(26)10-14-11-24-9-5-6-15(24)13-25(12-14)20(27)19-16-7-3-4-8-17(16)23(2)22-19/h3-9,14H,10-13H2,1-2H3,(H,21,26)/t14-/m0/s1. The number of nitrogens with zero attached hydrogens (tertiary/aromatic N) is 4. The van der Waals surface area contributed by atoms with Crippen LogP contribution in [0.15, 0.2) is 42.6 Å². The molecule has 140 valence electrons. The van der Waals surface area contributed by atoms with Crippen molar-refractivity contribution in [1.29, 1.82) is 0 Å². The van der Waals surface area contributed by atoms with Gasteiger partial charge in [0, 0.05) is 56.8 Å². The van der Waals surface area contributed by atoms with Crippen LogP contribution in [0.1, 0.15) is 22.6 Å². The van der Waals surface area contributed by atoms with Crippen LogP contribution in [-0.2, 0) is 24.9 Å². The van der Waals surface area contributed by atoms with Crippen molar-refractivity contribution in [1.82, 2.24) is 24.6 Å². The Morgan fingerprint density at radius 1 is 1.19 bits per heavy atom. The van der Waals surface area contributed by atoms with E-state index in [9.17, 15) is 9.59 Å². The molecule has 1 aromatic carbocycles. The van der Waals surface area contributed by atoms with Crippen molar-refractivity contribution in [2.45, 2.75) is 19.5 Å². The first kappa shape index (κ1) is 17.3. The van der Waals surface area contributed by atoms with E-state index in [-0.39, 0.29) is 17.7 Å². The van der Waals surface area contributed by atoms with Crippen molar-refractivity contribution in [3.63, 3.8) is 0 Å². The van der Waals surface area contributed by atoms with Crippen LogP contribution in [0, 0.1) is 5.92 Å². The van der Waals surface area contributed by atoms with Crippen LogP contribution in [0.25, 0.3) is 10.9 Å². The third kappa shape index (κ3) is 3.20. The van der Waals surface area contributed by atoms with E-state index in [2.05, 4.69) is 15.0 Å². The summed E-state index contributed by atoms with van der Waals surface area (Å²) >= 11 is 0. The molecule has 0 saturated heterocycles. The molecule has 3 aromatic rings. The van der Waals surface area contributed by atoms with Crippen molar-refractivity contribution in [3.8, 4) is 0 Å². The summed E-state index contributed by atoms with van der Waals surface area (Å²) in [6.07, 6.45) is 2.40. The van der Waals surface area contributed by atoms with E-state index in [0.717, 1.165) is 23.1 Å². The van der Waals surface area contributed by atoms with Gasteiger partial charge in [0.15, 0.2) is 5.69 Å². The second-order valence-corrected chi connectivity index (χ2v) is 7.07. The van der Waals surface area contributed by atoms with Gasteiger partial charge in [0.25, 0.3) is 5.91 Å². The van der Waals surface area contributed by atoms with E-state index in [1.54, 1.807) is 11.7 Å². The van der Waals surface area contributed by atoms with Crippen LogP contribution >= 0.6 is 0 Å². The van der Waals surface area contributed by atoms with Gasteiger partial charge in [0.2, 0.25) is 5.91 Å². The number of fused-ring (bicyclic) bond motifs is 2. The van der Waals surface area contributed by atoms with Crippen molar-refractivity contribution < 1.29 is 9.59 Å². The number of hydrogen-bond acceptors (Lipinski definition) is 3. The smallest absolute Gasteiger partial charge is 0.275 e. The fourth-order valence-electron chi connectivity index (χ4n) is 3.85. The molecule has 1 atom stereocenters. The predicted molar refractivity (Wildman–Crippen MR) is 102 cm³/mol. The zero-order chi connectivity index (χ0) is 19.0. The van der Waals surface area contributed by atoms with Gasteiger partial charge in [-0.15, -0.1) is 0 Å². The Labute approximate surface area is 157 Å². The zero-order valence-corrected chi connectivity index (χ0v) is 15.6. The van der Waals surface area contributed by atoms with Crippen LogP contribution in [0.4, 0.5) is 0 Å². The molecule has 1 aliphatic rings. The lowest BCUT2D eigenvalue weighted by atomic mass is 10.0. The summed E-state index contributed by atoms with van der Waals surface area (Å²) in [7, 11) is 3.49. The second kappa shape index (κ2) is 6.90. The van der Waals surface area contributed by atoms with Gasteiger partial charge >= 0.3 is 0 Å². The molecule has 0 unspecified atom stereocenters. The molecule has 0 fully saturated rings. The quantitative estimate of drug-likeness (QED) is 0.769. The van der Waals surface area contributed by atoms with Gasteiger partial charge in [0.1, 0.15) is 0 Å². The van der Waals surface area contributed by atoms with E-state index in [0.29, 0.717) is 25.2 Å². The second-order valence-electron chi connectivity index (χ2n) is 7.07. The van der Waals surface area contributed by atoms with E-state index < -0.39 is 0 Å². The average molecular weight is 365 g/mol. The number of nitrogens with one attached hydrogen (secondary N) is 1. The van der Waals surface area contributed by atoms with Crippen molar-refractivity contribution in [2.75, 3.05) is 13.6 Å². The largest absolute Gasteiger partial charge is 0.359 e. The van der Waals surface area contributed by atoms with Gasteiger partial charge in [-0.3, -0.25) is 14.3 Å². The third-order valence-electron chi connectivity index (χ3n) is 5.21. The van der Waals surface area contributed by atoms with Gasteiger partial charge in [-0.05, 0) is 18.2 Å². The number of rotatable bonds is 3. The summed E-state index contributed by atoms with van der Waals surface area (Å²) in [6.45, 7) is 1.77. The normalized spacial score (nSPS) is 16.8. The van der Waals surface area contributed by atoms with Crippen molar-refractivity contribution in [3.05, 3.63) is 54.0 Å². The number of carbonyl (C=O) groups excluding carboxylic acids is 2. The zero-order valence-electron chi connectivity index (χ0n) is 15.6. The molecule has 1 N–H and O–H groups in total. The number of benzene rings is 1. The lowest BCUT2D eigenvalue weighted by molar-refractivity contribution is -0.121. The Bertz CT molecular complexity index is 1000. The molecule has 2 amide bonds. The van der Waals surface area contributed by atoms with Gasteiger partial charge in [-0.1, -0.05) is 18.2 Å². The Morgan fingerprint density at radius 2 is 2.00 bits per heavy atom. The van der Waals surface area contributed by atoms with Crippen LogP contribution in [-0.4, -0.2) is 44.7 Å². The minimum absolute atomic E-state index is 0.00806. The fourth-order valence-corrected chi connectivity index (χ4v) is 3.85. The molecular weight excluding hydrogens is 342 g/mol. The molecule has 2 aromatic heterocycles. The molecule has 7 nitrogen and oxygen atoms in total.